The van der Waals surface area contributed by atoms with Gasteiger partial charge in [0.25, 0.3) is 0 Å². The highest BCUT2D eigenvalue weighted by atomic mass is 16.7. The van der Waals surface area contributed by atoms with Crippen molar-refractivity contribution in [2.24, 2.45) is 5.92 Å². The third-order valence-corrected chi connectivity index (χ3v) is 5.26. The Balaban J connectivity index is 1.30. The van der Waals surface area contributed by atoms with Crippen LogP contribution in [0.5, 0.6) is 11.5 Å². The maximum Gasteiger partial charge on any atom is 0.397 e. The van der Waals surface area contributed by atoms with E-state index in [1.807, 2.05) is 18.2 Å². The first-order valence-electron chi connectivity index (χ1n) is 9.23. The van der Waals surface area contributed by atoms with Crippen molar-refractivity contribution in [2.45, 2.75) is 19.3 Å². The fourth-order valence-electron chi connectivity index (χ4n) is 3.67. The van der Waals surface area contributed by atoms with Crippen molar-refractivity contribution in [1.82, 2.24) is 9.80 Å². The van der Waals surface area contributed by atoms with E-state index in [1.54, 1.807) is 11.8 Å². The van der Waals surface area contributed by atoms with Crippen LogP contribution in [0, 0.1) is 5.92 Å². The molecule has 1 saturated carbocycles. The van der Waals surface area contributed by atoms with Crippen LogP contribution in [0.25, 0.3) is 0 Å². The average Bonchev–Trinajstić information content (AvgIpc) is 3.36. The molecule has 0 N–H and O–H groups in total. The second-order valence-corrected chi connectivity index (χ2v) is 6.90. The van der Waals surface area contributed by atoms with Crippen LogP contribution in [0.4, 0.5) is 0 Å². The van der Waals surface area contributed by atoms with E-state index in [4.69, 9.17) is 14.2 Å². The van der Waals surface area contributed by atoms with Crippen molar-refractivity contribution in [1.29, 1.82) is 0 Å². The summed E-state index contributed by atoms with van der Waals surface area (Å²) in [7, 11) is 0. The van der Waals surface area contributed by atoms with E-state index in [1.165, 1.54) is 4.90 Å². The lowest BCUT2D eigenvalue weighted by Crippen LogP contribution is -2.52. The lowest BCUT2D eigenvalue weighted by atomic mass is 10.1. The largest absolute Gasteiger partial charge is 0.459 e. The summed E-state index contributed by atoms with van der Waals surface area (Å²) in [6.45, 7) is 3.65. The zero-order valence-corrected chi connectivity index (χ0v) is 15.2. The van der Waals surface area contributed by atoms with Gasteiger partial charge in [-0.2, -0.15) is 0 Å². The molecule has 3 aliphatic rings. The van der Waals surface area contributed by atoms with Crippen LogP contribution in [-0.2, 0) is 19.1 Å². The molecule has 0 bridgehead atoms. The molecule has 2 heterocycles. The van der Waals surface area contributed by atoms with E-state index in [9.17, 15) is 14.4 Å². The Morgan fingerprint density at radius 2 is 1.78 bits per heavy atom. The monoisotopic (exact) mass is 374 g/mol. The number of carbonyl (C=O) groups is 3. The van der Waals surface area contributed by atoms with Gasteiger partial charge in [-0.3, -0.25) is 9.59 Å². The third-order valence-electron chi connectivity index (χ3n) is 5.26. The Morgan fingerprint density at radius 1 is 1.07 bits per heavy atom. The number of amides is 2. The minimum atomic E-state index is -0.831. The maximum absolute atomic E-state index is 12.8. The van der Waals surface area contributed by atoms with Crippen LogP contribution < -0.4 is 9.47 Å². The van der Waals surface area contributed by atoms with E-state index < -0.39 is 11.9 Å². The van der Waals surface area contributed by atoms with Gasteiger partial charge in [-0.1, -0.05) is 6.07 Å². The van der Waals surface area contributed by atoms with Gasteiger partial charge in [0.15, 0.2) is 11.5 Å². The minimum absolute atomic E-state index is 0.0299. The summed E-state index contributed by atoms with van der Waals surface area (Å²) >= 11 is 0. The molecule has 2 amide bonds. The molecule has 1 saturated heterocycles. The topological polar surface area (TPSA) is 85.4 Å². The Kier molecular flexibility index (Phi) is 4.63. The Bertz CT molecular complexity index is 771. The van der Waals surface area contributed by atoms with Crippen molar-refractivity contribution < 1.29 is 28.6 Å². The molecule has 2 fully saturated rings. The standard InChI is InChI=1S/C19H22N2O6/c1-2-25-19(24)18(23)21-7-5-20(6-8-21)17(22)14-10-13(14)12-3-4-15-16(9-12)27-11-26-15/h3-4,9,13-14H,2,5-8,10-11H2,1H3/t13-,14-/m1/s1. The van der Waals surface area contributed by atoms with Crippen LogP contribution in [0.15, 0.2) is 18.2 Å². The molecule has 2 aliphatic heterocycles. The van der Waals surface area contributed by atoms with Crippen LogP contribution in [0.1, 0.15) is 24.8 Å². The van der Waals surface area contributed by atoms with Crippen molar-refractivity contribution in [2.75, 3.05) is 39.6 Å². The van der Waals surface area contributed by atoms with Crippen LogP contribution >= 0.6 is 0 Å². The van der Waals surface area contributed by atoms with Crippen LogP contribution in [-0.4, -0.2) is 67.2 Å². The highest BCUT2D eigenvalue weighted by molar-refractivity contribution is 6.32. The van der Waals surface area contributed by atoms with Gasteiger partial charge in [-0.15, -0.1) is 0 Å². The molecule has 144 valence electrons. The predicted molar refractivity (Wildman–Crippen MR) is 93.2 cm³/mol. The number of nitrogens with zero attached hydrogens (tertiary/aromatic N) is 2. The number of fused-ring (bicyclic) bond motifs is 1. The molecule has 1 aromatic rings. The van der Waals surface area contributed by atoms with Crippen molar-refractivity contribution >= 4 is 17.8 Å². The van der Waals surface area contributed by atoms with Crippen LogP contribution in [0.2, 0.25) is 0 Å². The first-order chi connectivity index (χ1) is 13.1. The van der Waals surface area contributed by atoms with Gasteiger partial charge in [-0.05, 0) is 37.0 Å². The van der Waals surface area contributed by atoms with Gasteiger partial charge in [0.1, 0.15) is 0 Å². The molecule has 8 heteroatoms. The van der Waals surface area contributed by atoms with Crippen LogP contribution in [0.3, 0.4) is 0 Å². The minimum Gasteiger partial charge on any atom is -0.459 e. The SMILES string of the molecule is CCOC(=O)C(=O)N1CCN(C(=O)[C@@H]2C[C@@H]2c2ccc3c(c2)OCO3)CC1. The number of benzene rings is 1. The first-order valence-corrected chi connectivity index (χ1v) is 9.23. The molecule has 8 nitrogen and oxygen atoms in total. The zero-order chi connectivity index (χ0) is 19.0. The fraction of sp³-hybridized carbons (Fsp3) is 0.526. The number of esters is 1. The number of carbonyl (C=O) groups excluding carboxylic acids is 3. The van der Waals surface area contributed by atoms with Gasteiger partial charge in [0.05, 0.1) is 6.61 Å². The zero-order valence-electron chi connectivity index (χ0n) is 15.2. The molecule has 1 aliphatic carbocycles. The number of hydrogen-bond donors (Lipinski definition) is 0. The molecular formula is C19H22N2O6. The normalized spacial score (nSPS) is 23.1. The average molecular weight is 374 g/mol. The summed E-state index contributed by atoms with van der Waals surface area (Å²) in [5.74, 6) is 0.294. The summed E-state index contributed by atoms with van der Waals surface area (Å²) in [5.41, 5.74) is 1.09. The molecule has 4 rings (SSSR count). The lowest BCUT2D eigenvalue weighted by Gasteiger charge is -2.34. The second kappa shape index (κ2) is 7.09. The summed E-state index contributed by atoms with van der Waals surface area (Å²) in [5, 5.41) is 0. The fourth-order valence-corrected chi connectivity index (χ4v) is 3.67. The molecular weight excluding hydrogens is 352 g/mol. The van der Waals surface area contributed by atoms with E-state index in [0.29, 0.717) is 26.2 Å². The van der Waals surface area contributed by atoms with Gasteiger partial charge in [-0.25, -0.2) is 4.79 Å². The number of piperazine rings is 1. The van der Waals surface area contributed by atoms with Crippen molar-refractivity contribution in [3.63, 3.8) is 0 Å². The Labute approximate surface area is 157 Å². The van der Waals surface area contributed by atoms with E-state index >= 15 is 0 Å². The summed E-state index contributed by atoms with van der Waals surface area (Å²) in [6, 6.07) is 5.83. The highest BCUT2D eigenvalue weighted by Crippen LogP contribution is 2.50. The van der Waals surface area contributed by atoms with Gasteiger partial charge in [0.2, 0.25) is 12.7 Å². The molecule has 27 heavy (non-hydrogen) atoms. The third kappa shape index (κ3) is 3.43. The number of rotatable bonds is 3. The molecule has 0 unspecified atom stereocenters. The maximum atomic E-state index is 12.8. The Hall–Kier alpha value is -2.77. The lowest BCUT2D eigenvalue weighted by molar-refractivity contribution is -0.161. The summed E-state index contributed by atoms with van der Waals surface area (Å²) < 4.78 is 15.5. The van der Waals surface area contributed by atoms with E-state index in [0.717, 1.165) is 23.5 Å². The molecule has 1 aromatic carbocycles. The van der Waals surface area contributed by atoms with E-state index in [2.05, 4.69) is 0 Å². The van der Waals surface area contributed by atoms with Gasteiger partial charge in [0, 0.05) is 32.1 Å². The number of ether oxygens (including phenoxy) is 3. The van der Waals surface area contributed by atoms with Crippen molar-refractivity contribution in [3.8, 4) is 11.5 Å². The van der Waals surface area contributed by atoms with Crippen molar-refractivity contribution in [3.05, 3.63) is 23.8 Å². The summed E-state index contributed by atoms with van der Waals surface area (Å²) in [4.78, 5) is 39.5. The predicted octanol–water partition coefficient (Wildman–Crippen LogP) is 0.753. The molecule has 0 aromatic heterocycles. The van der Waals surface area contributed by atoms with Gasteiger partial charge >= 0.3 is 11.9 Å². The first kappa shape index (κ1) is 17.6. The second-order valence-electron chi connectivity index (χ2n) is 6.90. The molecule has 0 spiro atoms. The number of hydrogen-bond acceptors (Lipinski definition) is 6. The summed E-state index contributed by atoms with van der Waals surface area (Å²) in [6.07, 6.45) is 0.820. The quantitative estimate of drug-likeness (QED) is 0.573. The molecule has 2 atom stereocenters. The van der Waals surface area contributed by atoms with E-state index in [-0.39, 0.29) is 31.1 Å². The molecule has 0 radical (unpaired) electrons. The highest BCUT2D eigenvalue weighted by Gasteiger charge is 2.46. The smallest absolute Gasteiger partial charge is 0.397 e. The van der Waals surface area contributed by atoms with Gasteiger partial charge < -0.3 is 24.0 Å². The Morgan fingerprint density at radius 3 is 2.52 bits per heavy atom.